The second kappa shape index (κ2) is 4.80. The molecule has 0 fully saturated rings. The van der Waals surface area contributed by atoms with Crippen molar-refractivity contribution in [2.75, 3.05) is 0 Å². The first-order valence-electron chi connectivity index (χ1n) is 4.60. The maximum atomic E-state index is 10.5. The minimum atomic E-state index is -0.491. The molecule has 0 aliphatic heterocycles. The molecule has 2 rings (SSSR count). The molecule has 7 heteroatoms. The van der Waals surface area contributed by atoms with Gasteiger partial charge >= 0.3 is 5.00 Å². The highest BCUT2D eigenvalue weighted by Gasteiger charge is 2.13. The van der Waals surface area contributed by atoms with E-state index in [1.165, 1.54) is 6.20 Å². The zero-order valence-electron chi connectivity index (χ0n) is 8.71. The molecule has 0 amide bonds. The molecule has 1 aromatic heterocycles. The van der Waals surface area contributed by atoms with E-state index in [4.69, 9.17) is 4.74 Å². The zero-order chi connectivity index (χ0) is 12.4. The summed E-state index contributed by atoms with van der Waals surface area (Å²) in [5.74, 6) is 0.583. The van der Waals surface area contributed by atoms with Crippen LogP contribution in [0, 0.1) is 17.0 Å². The summed E-state index contributed by atoms with van der Waals surface area (Å²) in [6, 6.07) is 5.58. The van der Waals surface area contributed by atoms with Gasteiger partial charge in [-0.1, -0.05) is 6.07 Å². The van der Waals surface area contributed by atoms with Crippen molar-refractivity contribution in [1.82, 2.24) is 4.98 Å². The summed E-state index contributed by atoms with van der Waals surface area (Å²) < 4.78 is 6.24. The summed E-state index contributed by atoms with van der Waals surface area (Å²) >= 11 is 4.25. The Labute approximate surface area is 109 Å². The normalized spacial score (nSPS) is 10.2. The molecule has 5 nitrogen and oxygen atoms in total. The molecular formula is C10H7BrN2O3S. The lowest BCUT2D eigenvalue weighted by molar-refractivity contribution is -0.380. The number of nitro groups is 1. The fraction of sp³-hybridized carbons (Fsp3) is 0.100. The molecule has 0 unspecified atom stereocenters. The van der Waals surface area contributed by atoms with Crippen molar-refractivity contribution >= 4 is 32.3 Å². The lowest BCUT2D eigenvalue weighted by atomic mass is 10.2. The van der Waals surface area contributed by atoms with Crippen LogP contribution in [0.2, 0.25) is 0 Å². The van der Waals surface area contributed by atoms with Gasteiger partial charge in [-0.2, -0.15) is 0 Å². The standard InChI is InChI=1S/C10H7BrN2O3S/c1-6-2-3-8(7(11)4-6)16-10-12-5-9(17-10)13(14)15/h2-5H,1H3. The number of rotatable bonds is 3. The molecule has 0 saturated carbocycles. The van der Waals surface area contributed by atoms with Crippen molar-refractivity contribution < 1.29 is 9.66 Å². The molecule has 0 spiro atoms. The van der Waals surface area contributed by atoms with E-state index >= 15 is 0 Å². The predicted molar refractivity (Wildman–Crippen MR) is 67.7 cm³/mol. The van der Waals surface area contributed by atoms with E-state index in [-0.39, 0.29) is 10.2 Å². The lowest BCUT2D eigenvalue weighted by Crippen LogP contribution is -1.84. The second-order valence-corrected chi connectivity index (χ2v) is 5.08. The second-order valence-electron chi connectivity index (χ2n) is 3.26. The fourth-order valence-corrected chi connectivity index (χ4v) is 2.33. The molecule has 0 bridgehead atoms. The van der Waals surface area contributed by atoms with Gasteiger partial charge in [-0.15, -0.1) is 0 Å². The molecule has 1 heterocycles. The molecule has 88 valence electrons. The molecule has 0 N–H and O–H groups in total. The number of hydrogen-bond acceptors (Lipinski definition) is 5. The summed E-state index contributed by atoms with van der Waals surface area (Å²) in [5.41, 5.74) is 1.09. The topological polar surface area (TPSA) is 65.3 Å². The van der Waals surface area contributed by atoms with Crippen LogP contribution in [0.1, 0.15) is 5.56 Å². The van der Waals surface area contributed by atoms with Gasteiger partial charge in [0.2, 0.25) is 0 Å². The van der Waals surface area contributed by atoms with E-state index in [0.717, 1.165) is 21.4 Å². The Morgan fingerprint density at radius 3 is 2.88 bits per heavy atom. The van der Waals surface area contributed by atoms with Gasteiger partial charge in [0.05, 0.1) is 9.40 Å². The Bertz CT molecular complexity index is 570. The van der Waals surface area contributed by atoms with Crippen molar-refractivity contribution in [3.8, 4) is 10.9 Å². The number of thiazole rings is 1. The van der Waals surface area contributed by atoms with E-state index in [1.807, 2.05) is 19.1 Å². The smallest absolute Gasteiger partial charge is 0.347 e. The van der Waals surface area contributed by atoms with E-state index in [0.29, 0.717) is 5.75 Å². The monoisotopic (exact) mass is 314 g/mol. The minimum Gasteiger partial charge on any atom is -0.430 e. The van der Waals surface area contributed by atoms with Gasteiger partial charge in [-0.25, -0.2) is 4.98 Å². The summed E-state index contributed by atoms with van der Waals surface area (Å²) in [7, 11) is 0. The first-order chi connectivity index (χ1) is 8.06. The largest absolute Gasteiger partial charge is 0.430 e. The highest BCUT2D eigenvalue weighted by atomic mass is 79.9. The van der Waals surface area contributed by atoms with E-state index in [1.54, 1.807) is 6.07 Å². The van der Waals surface area contributed by atoms with Crippen LogP contribution in [0.15, 0.2) is 28.9 Å². The average Bonchev–Trinajstić information content (AvgIpc) is 2.71. The van der Waals surface area contributed by atoms with Gasteiger partial charge < -0.3 is 4.74 Å². The van der Waals surface area contributed by atoms with Gasteiger partial charge in [0.1, 0.15) is 11.9 Å². The predicted octanol–water partition coefficient (Wildman–Crippen LogP) is 3.91. The first-order valence-corrected chi connectivity index (χ1v) is 6.21. The number of aromatic nitrogens is 1. The van der Waals surface area contributed by atoms with Gasteiger partial charge in [-0.3, -0.25) is 10.1 Å². The molecule has 0 saturated heterocycles. The van der Waals surface area contributed by atoms with Crippen LogP contribution in [0.4, 0.5) is 5.00 Å². The molecule has 0 radical (unpaired) electrons. The van der Waals surface area contributed by atoms with Crippen LogP contribution < -0.4 is 4.74 Å². The lowest BCUT2D eigenvalue weighted by Gasteiger charge is -2.04. The molecule has 1 aromatic carbocycles. The minimum absolute atomic E-state index is 0.0387. The maximum absolute atomic E-state index is 10.5. The number of halogens is 1. The van der Waals surface area contributed by atoms with Gasteiger partial charge in [-0.05, 0) is 51.9 Å². The van der Waals surface area contributed by atoms with Crippen molar-refractivity contribution in [2.24, 2.45) is 0 Å². The van der Waals surface area contributed by atoms with Gasteiger partial charge in [0, 0.05) is 0 Å². The summed E-state index contributed by atoms with van der Waals surface area (Å²) in [6.07, 6.45) is 1.18. The first kappa shape index (κ1) is 12.0. The van der Waals surface area contributed by atoms with E-state index < -0.39 is 4.92 Å². The molecule has 0 atom stereocenters. The Morgan fingerprint density at radius 2 is 2.29 bits per heavy atom. The van der Waals surface area contributed by atoms with Crippen LogP contribution in [-0.2, 0) is 0 Å². The third-order valence-electron chi connectivity index (χ3n) is 1.94. The third kappa shape index (κ3) is 2.80. The number of nitrogens with zero attached hydrogens (tertiary/aromatic N) is 2. The molecule has 0 aliphatic rings. The number of ether oxygens (including phenoxy) is 1. The number of benzene rings is 1. The van der Waals surface area contributed by atoms with E-state index in [2.05, 4.69) is 20.9 Å². The molecule has 2 aromatic rings. The van der Waals surface area contributed by atoms with Gasteiger partial charge in [0.15, 0.2) is 0 Å². The van der Waals surface area contributed by atoms with Crippen molar-refractivity contribution in [3.05, 3.63) is 44.5 Å². The van der Waals surface area contributed by atoms with Crippen LogP contribution >= 0.6 is 27.3 Å². The van der Waals surface area contributed by atoms with Crippen molar-refractivity contribution in [3.63, 3.8) is 0 Å². The fourth-order valence-electron chi connectivity index (χ4n) is 1.16. The van der Waals surface area contributed by atoms with Crippen LogP contribution in [0.5, 0.6) is 10.9 Å². The molecule has 17 heavy (non-hydrogen) atoms. The number of aryl methyl sites for hydroxylation is 1. The van der Waals surface area contributed by atoms with E-state index in [9.17, 15) is 10.1 Å². The van der Waals surface area contributed by atoms with Crippen molar-refractivity contribution in [1.29, 1.82) is 0 Å². The number of hydrogen-bond donors (Lipinski definition) is 0. The highest BCUT2D eigenvalue weighted by Crippen LogP contribution is 2.34. The van der Waals surface area contributed by atoms with Crippen molar-refractivity contribution in [2.45, 2.75) is 6.92 Å². The maximum Gasteiger partial charge on any atom is 0.347 e. The van der Waals surface area contributed by atoms with Gasteiger partial charge in [0.25, 0.3) is 5.19 Å². The summed E-state index contributed by atoms with van der Waals surface area (Å²) in [4.78, 5) is 13.8. The highest BCUT2D eigenvalue weighted by molar-refractivity contribution is 9.10. The SMILES string of the molecule is Cc1ccc(Oc2ncc([N+](=O)[O-])s2)c(Br)c1. The summed E-state index contributed by atoms with van der Waals surface area (Å²) in [6.45, 7) is 1.96. The Hall–Kier alpha value is -1.47. The quantitative estimate of drug-likeness (QED) is 0.636. The Kier molecular flexibility index (Phi) is 3.39. The van der Waals surface area contributed by atoms with Crippen LogP contribution in [0.25, 0.3) is 0 Å². The molecule has 0 aliphatic carbocycles. The molecular weight excluding hydrogens is 308 g/mol. The zero-order valence-corrected chi connectivity index (χ0v) is 11.1. The third-order valence-corrected chi connectivity index (χ3v) is 3.38. The Balaban J connectivity index is 2.22. The summed E-state index contributed by atoms with van der Waals surface area (Å²) in [5, 5.41) is 10.7. The van der Waals surface area contributed by atoms with Crippen LogP contribution in [-0.4, -0.2) is 9.91 Å². The Morgan fingerprint density at radius 1 is 1.53 bits per heavy atom. The average molecular weight is 315 g/mol. The van der Waals surface area contributed by atoms with Crippen LogP contribution in [0.3, 0.4) is 0 Å².